The van der Waals surface area contributed by atoms with E-state index >= 15 is 0 Å². The van der Waals surface area contributed by atoms with Crippen molar-refractivity contribution in [3.8, 4) is 10.4 Å². The van der Waals surface area contributed by atoms with E-state index in [-0.39, 0.29) is 11.9 Å². The summed E-state index contributed by atoms with van der Waals surface area (Å²) in [7, 11) is 0. The summed E-state index contributed by atoms with van der Waals surface area (Å²) < 4.78 is 0. The number of primary amides is 1. The Hall–Kier alpha value is -2.38. The van der Waals surface area contributed by atoms with Crippen molar-refractivity contribution >= 4 is 29.0 Å². The minimum atomic E-state index is -0.679. The van der Waals surface area contributed by atoms with Crippen LogP contribution in [0.5, 0.6) is 0 Å². The second-order valence-corrected chi connectivity index (χ2v) is 7.28. The van der Waals surface area contributed by atoms with Gasteiger partial charge in [0.25, 0.3) is 5.91 Å². The molecule has 0 bridgehead atoms. The summed E-state index contributed by atoms with van der Waals surface area (Å²) in [5.41, 5.74) is 7.86. The van der Waals surface area contributed by atoms with E-state index in [1.54, 1.807) is 6.07 Å². The van der Waals surface area contributed by atoms with Crippen molar-refractivity contribution in [2.24, 2.45) is 5.73 Å². The van der Waals surface area contributed by atoms with Crippen LogP contribution in [0.25, 0.3) is 10.4 Å². The fraction of sp³-hybridized carbons (Fsp3) is 0.333. The molecule has 0 radical (unpaired) electrons. The lowest BCUT2D eigenvalue weighted by Crippen LogP contribution is -2.45. The summed E-state index contributed by atoms with van der Waals surface area (Å²) in [4.78, 5) is 25.4. The number of carbonyl (C=O) groups excluding carboxylic acids is 2. The molecule has 1 fully saturated rings. The molecule has 132 valence electrons. The van der Waals surface area contributed by atoms with Gasteiger partial charge in [0.1, 0.15) is 4.88 Å². The Balaban J connectivity index is 1.87. The Labute approximate surface area is 150 Å². The quantitative estimate of drug-likeness (QED) is 0.676. The molecule has 1 aliphatic rings. The molecule has 5 N–H and O–H groups in total. The Morgan fingerprint density at radius 1 is 1.32 bits per heavy atom. The van der Waals surface area contributed by atoms with Crippen molar-refractivity contribution in [3.63, 3.8) is 0 Å². The number of anilines is 1. The lowest BCUT2D eigenvalue weighted by Gasteiger charge is -2.23. The molecule has 0 saturated carbocycles. The number of hydrogen-bond acceptors (Lipinski definition) is 4. The molecule has 25 heavy (non-hydrogen) atoms. The first-order chi connectivity index (χ1) is 12.0. The molecule has 2 heterocycles. The fourth-order valence-corrected chi connectivity index (χ4v) is 3.96. The average Bonchev–Trinajstić information content (AvgIpc) is 2.99. The fourth-order valence-electron chi connectivity index (χ4n) is 2.95. The van der Waals surface area contributed by atoms with E-state index in [2.05, 4.69) is 16.0 Å². The number of carbonyl (C=O) groups is 2. The van der Waals surface area contributed by atoms with Crippen LogP contribution in [0, 0.1) is 6.92 Å². The molecule has 0 aliphatic carbocycles. The smallest absolute Gasteiger partial charge is 0.316 e. The topological polar surface area (TPSA) is 96.2 Å². The maximum Gasteiger partial charge on any atom is 0.316 e. The minimum Gasteiger partial charge on any atom is -0.351 e. The normalized spacial score (nSPS) is 17.1. The van der Waals surface area contributed by atoms with Gasteiger partial charge in [0.05, 0.1) is 5.69 Å². The molecule has 3 rings (SSSR count). The number of hydrogen-bond donors (Lipinski definition) is 4. The lowest BCUT2D eigenvalue weighted by atomic mass is 10.1. The van der Waals surface area contributed by atoms with Crippen molar-refractivity contribution in [2.45, 2.75) is 25.8 Å². The number of urea groups is 1. The maximum atomic E-state index is 12.7. The SMILES string of the molecule is Cc1cccc(-c2cc(NC(N)=O)c(C(=O)N[C@@H]3CCCNC3)s2)c1. The molecule has 0 unspecified atom stereocenters. The highest BCUT2D eigenvalue weighted by atomic mass is 32.1. The van der Waals surface area contributed by atoms with Crippen LogP contribution in [0.4, 0.5) is 10.5 Å². The summed E-state index contributed by atoms with van der Waals surface area (Å²) >= 11 is 1.36. The monoisotopic (exact) mass is 358 g/mol. The van der Waals surface area contributed by atoms with Gasteiger partial charge in [0.2, 0.25) is 0 Å². The van der Waals surface area contributed by atoms with E-state index < -0.39 is 6.03 Å². The number of amides is 3. The third-order valence-corrected chi connectivity index (χ3v) is 5.31. The Morgan fingerprint density at radius 2 is 2.16 bits per heavy atom. The third kappa shape index (κ3) is 4.37. The molecule has 6 nitrogen and oxygen atoms in total. The molecule has 1 aliphatic heterocycles. The second kappa shape index (κ2) is 7.67. The molecular weight excluding hydrogens is 336 g/mol. The first-order valence-corrected chi connectivity index (χ1v) is 9.13. The van der Waals surface area contributed by atoms with E-state index in [4.69, 9.17) is 5.73 Å². The first kappa shape index (κ1) is 17.4. The standard InChI is InChI=1S/C18H22N4O2S/c1-11-4-2-5-12(8-11)15-9-14(22-18(19)24)16(25-15)17(23)21-13-6-3-7-20-10-13/h2,4-5,8-9,13,20H,3,6-7,10H2,1H3,(H,21,23)(H3,19,22,24)/t13-/m1/s1. The summed E-state index contributed by atoms with van der Waals surface area (Å²) in [6.07, 6.45) is 1.99. The highest BCUT2D eigenvalue weighted by Crippen LogP contribution is 2.35. The Morgan fingerprint density at radius 3 is 2.84 bits per heavy atom. The number of rotatable bonds is 4. The van der Waals surface area contributed by atoms with Gasteiger partial charge in [0, 0.05) is 17.5 Å². The van der Waals surface area contributed by atoms with Gasteiger partial charge in [-0.3, -0.25) is 4.79 Å². The predicted octanol–water partition coefficient (Wildman–Crippen LogP) is 2.70. The first-order valence-electron chi connectivity index (χ1n) is 8.32. The number of benzene rings is 1. The van der Waals surface area contributed by atoms with Gasteiger partial charge in [-0.2, -0.15) is 0 Å². The van der Waals surface area contributed by atoms with E-state index in [0.717, 1.165) is 41.9 Å². The second-order valence-electron chi connectivity index (χ2n) is 6.23. The molecule has 3 amide bonds. The van der Waals surface area contributed by atoms with E-state index in [0.29, 0.717) is 10.6 Å². The predicted molar refractivity (Wildman–Crippen MR) is 101 cm³/mol. The van der Waals surface area contributed by atoms with Gasteiger partial charge in [0.15, 0.2) is 0 Å². The zero-order valence-corrected chi connectivity index (χ0v) is 14.9. The van der Waals surface area contributed by atoms with Gasteiger partial charge in [-0.25, -0.2) is 4.79 Å². The molecular formula is C18H22N4O2S. The average molecular weight is 358 g/mol. The van der Waals surface area contributed by atoms with E-state index in [1.807, 2.05) is 31.2 Å². The molecule has 0 spiro atoms. The summed E-state index contributed by atoms with van der Waals surface area (Å²) in [6, 6.07) is 9.25. The zero-order valence-electron chi connectivity index (χ0n) is 14.1. The highest BCUT2D eigenvalue weighted by Gasteiger charge is 2.22. The van der Waals surface area contributed by atoms with Crippen LogP contribution in [0.2, 0.25) is 0 Å². The molecule has 2 aromatic rings. The van der Waals surface area contributed by atoms with E-state index in [1.165, 1.54) is 11.3 Å². The van der Waals surface area contributed by atoms with Gasteiger partial charge >= 0.3 is 6.03 Å². The van der Waals surface area contributed by atoms with Gasteiger partial charge in [-0.1, -0.05) is 29.8 Å². The van der Waals surface area contributed by atoms with Crippen molar-refractivity contribution in [3.05, 3.63) is 40.8 Å². The van der Waals surface area contributed by atoms with Crippen LogP contribution in [-0.2, 0) is 0 Å². The largest absolute Gasteiger partial charge is 0.351 e. The van der Waals surface area contributed by atoms with Crippen molar-refractivity contribution in [2.75, 3.05) is 18.4 Å². The van der Waals surface area contributed by atoms with Crippen LogP contribution in [0.15, 0.2) is 30.3 Å². The van der Waals surface area contributed by atoms with Crippen LogP contribution in [-0.4, -0.2) is 31.1 Å². The van der Waals surface area contributed by atoms with E-state index in [9.17, 15) is 9.59 Å². The third-order valence-electron chi connectivity index (χ3n) is 4.13. The molecule has 1 aromatic heterocycles. The van der Waals surface area contributed by atoms with Gasteiger partial charge < -0.3 is 21.7 Å². The Bertz CT molecular complexity index is 781. The number of piperidine rings is 1. The number of aryl methyl sites for hydroxylation is 1. The van der Waals surface area contributed by atoms with Crippen LogP contribution < -0.4 is 21.7 Å². The van der Waals surface area contributed by atoms with Crippen molar-refractivity contribution in [1.29, 1.82) is 0 Å². The number of nitrogens with two attached hydrogens (primary N) is 1. The number of thiophene rings is 1. The van der Waals surface area contributed by atoms with Gasteiger partial charge in [-0.15, -0.1) is 11.3 Å². The molecule has 1 atom stereocenters. The minimum absolute atomic E-state index is 0.104. The van der Waals surface area contributed by atoms with Crippen LogP contribution >= 0.6 is 11.3 Å². The van der Waals surface area contributed by atoms with Crippen LogP contribution in [0.1, 0.15) is 28.1 Å². The van der Waals surface area contributed by atoms with Crippen molar-refractivity contribution < 1.29 is 9.59 Å². The summed E-state index contributed by atoms with van der Waals surface area (Å²) in [5.74, 6) is -0.179. The number of nitrogens with one attached hydrogen (secondary N) is 3. The molecule has 1 aromatic carbocycles. The molecule has 1 saturated heterocycles. The highest BCUT2D eigenvalue weighted by molar-refractivity contribution is 7.18. The summed E-state index contributed by atoms with van der Waals surface area (Å²) in [5, 5.41) is 8.89. The van der Waals surface area contributed by atoms with Gasteiger partial charge in [-0.05, 0) is 37.9 Å². The lowest BCUT2D eigenvalue weighted by molar-refractivity contribution is 0.0935. The maximum absolute atomic E-state index is 12.7. The van der Waals surface area contributed by atoms with Crippen LogP contribution in [0.3, 0.4) is 0 Å². The zero-order chi connectivity index (χ0) is 17.8. The summed E-state index contributed by atoms with van der Waals surface area (Å²) in [6.45, 7) is 3.77. The van der Waals surface area contributed by atoms with Crippen molar-refractivity contribution in [1.82, 2.24) is 10.6 Å². The Kier molecular flexibility index (Phi) is 5.35. The molecule has 7 heteroatoms.